The highest BCUT2D eigenvalue weighted by Gasteiger charge is 2.34. The normalized spacial score (nSPS) is 13.9. The van der Waals surface area contributed by atoms with Crippen molar-refractivity contribution in [2.24, 2.45) is 17.6 Å². The minimum Gasteiger partial charge on any atom is -0.480 e. The van der Waals surface area contributed by atoms with Gasteiger partial charge in [-0.15, -0.1) is 0 Å². The van der Waals surface area contributed by atoms with Gasteiger partial charge in [-0.2, -0.15) is 0 Å². The predicted molar refractivity (Wildman–Crippen MR) is 232 cm³/mol. The van der Waals surface area contributed by atoms with Crippen molar-refractivity contribution >= 4 is 53.2 Å². The molecule has 6 atom stereocenters. The van der Waals surface area contributed by atoms with E-state index in [1.807, 2.05) is 0 Å². The summed E-state index contributed by atoms with van der Waals surface area (Å²) in [5.41, 5.74) is 7.18. The van der Waals surface area contributed by atoms with Gasteiger partial charge in [-0.05, 0) is 35.4 Å². The minimum atomic E-state index is -1.35. The van der Waals surface area contributed by atoms with Crippen LogP contribution in [0.15, 0.2) is 103 Å². The van der Waals surface area contributed by atoms with E-state index in [9.17, 15) is 48.3 Å². The number of benzene rings is 3. The molecule has 0 unspecified atom stereocenters. The molecule has 10 N–H and O–H groups in total. The van der Waals surface area contributed by atoms with Crippen LogP contribution in [0.3, 0.4) is 0 Å². The van der Waals surface area contributed by atoms with Crippen molar-refractivity contribution in [3.63, 3.8) is 0 Å². The Labute approximate surface area is 365 Å². The molecule has 0 radical (unpaired) electrons. The van der Waals surface area contributed by atoms with E-state index in [2.05, 4.69) is 37.2 Å². The Balaban J connectivity index is 1.69. The number of rotatable bonds is 23. The average molecular weight is 869 g/mol. The quantitative estimate of drug-likeness (QED) is 0.0589. The third-order valence-electron chi connectivity index (χ3n) is 9.59. The molecule has 0 heterocycles. The summed E-state index contributed by atoms with van der Waals surface area (Å²) in [5.74, 6) is -8.25. The highest BCUT2D eigenvalue weighted by atomic mass is 16.4. The molecular weight excluding hydrogens is 813 g/mol. The number of carboxylic acid groups (broad SMARTS) is 1. The van der Waals surface area contributed by atoms with Crippen LogP contribution >= 0.6 is 0 Å². The molecule has 0 fully saturated rings. The second-order valence-corrected chi connectivity index (χ2v) is 15.4. The molecule has 3 aromatic rings. The molecule has 0 aliphatic carbocycles. The summed E-state index contributed by atoms with van der Waals surface area (Å²) in [6.07, 6.45) is 1.67. The number of carbonyl (C=O) groups excluding carboxylic acids is 8. The lowest BCUT2D eigenvalue weighted by molar-refractivity contribution is -0.141. The molecule has 3 aromatic carbocycles. The molecule has 63 heavy (non-hydrogen) atoms. The van der Waals surface area contributed by atoms with E-state index in [0.717, 1.165) is 12.2 Å². The zero-order chi connectivity index (χ0) is 46.6. The monoisotopic (exact) mass is 868 g/mol. The second kappa shape index (κ2) is 24.8. The summed E-state index contributed by atoms with van der Waals surface area (Å²) in [6, 6.07) is 18.4. The zero-order valence-electron chi connectivity index (χ0n) is 35.8. The number of nitrogens with one attached hydrogen (secondary N) is 7. The number of hydrogen-bond donors (Lipinski definition) is 9. The van der Waals surface area contributed by atoms with Crippen molar-refractivity contribution in [1.29, 1.82) is 0 Å². The maximum Gasteiger partial charge on any atom is 0.326 e. The highest BCUT2D eigenvalue weighted by Crippen LogP contribution is 2.16. The van der Waals surface area contributed by atoms with E-state index >= 15 is 0 Å². The van der Waals surface area contributed by atoms with Crippen LogP contribution in [0.1, 0.15) is 57.4 Å². The number of carboxylic acids is 1. The standard InChI is InChI=1S/C45H56N8O10/c1-26(2)37(40(46)57)51-43(60)38(27(3)4)52-44(61)39(31-19-13-8-14-20-31)53-42(59)32(23-29-15-9-6-10-16-29)49-35(55)22-21-34(54)48-28(5)41(58)47-25-36(56)50-33(45(62)63)24-30-17-11-7-12-18-30/h6-22,26-28,32-33,37-39H,23-25H2,1-5H3,(H2,46,57)(H,47,58)(H,48,54)(H,49,55)(H,50,56)(H,51,60)(H,52,61)(H,53,59)(H,62,63)/b22-21+/t28-,32-,33-,37-,38-,39-/m0/s1. The molecule has 8 amide bonds. The summed E-state index contributed by atoms with van der Waals surface area (Å²) in [4.78, 5) is 116. The summed E-state index contributed by atoms with van der Waals surface area (Å²) >= 11 is 0. The highest BCUT2D eigenvalue weighted by molar-refractivity contribution is 6.01. The number of aliphatic carboxylic acids is 1. The molecular formula is C45H56N8O10. The fraction of sp³-hybridized carbons (Fsp3) is 0.356. The maximum atomic E-state index is 14.0. The summed E-state index contributed by atoms with van der Waals surface area (Å²) in [6.45, 7) is 7.56. The lowest BCUT2D eigenvalue weighted by Crippen LogP contribution is -2.58. The maximum absolute atomic E-state index is 14.0. The number of nitrogens with two attached hydrogens (primary N) is 1. The van der Waals surface area contributed by atoms with Crippen LogP contribution in [-0.4, -0.2) is 95.1 Å². The number of amides is 8. The van der Waals surface area contributed by atoms with E-state index < -0.39 is 102 Å². The lowest BCUT2D eigenvalue weighted by Gasteiger charge is -2.28. The molecule has 18 nitrogen and oxygen atoms in total. The van der Waals surface area contributed by atoms with Gasteiger partial charge in [0, 0.05) is 25.0 Å². The third kappa shape index (κ3) is 16.9. The van der Waals surface area contributed by atoms with Crippen molar-refractivity contribution in [3.8, 4) is 0 Å². The fourth-order valence-corrected chi connectivity index (χ4v) is 6.14. The molecule has 0 aliphatic heterocycles. The Bertz CT molecular complexity index is 2100. The van der Waals surface area contributed by atoms with Crippen LogP contribution in [0.25, 0.3) is 0 Å². The van der Waals surface area contributed by atoms with E-state index in [1.54, 1.807) is 119 Å². The first-order valence-corrected chi connectivity index (χ1v) is 20.3. The number of primary amides is 1. The van der Waals surface area contributed by atoms with Crippen molar-refractivity contribution < 1.29 is 48.3 Å². The summed E-state index contributed by atoms with van der Waals surface area (Å²) in [5, 5.41) is 27.1. The fourth-order valence-electron chi connectivity index (χ4n) is 6.14. The Hall–Kier alpha value is -7.37. The van der Waals surface area contributed by atoms with Gasteiger partial charge in [0.05, 0.1) is 6.54 Å². The van der Waals surface area contributed by atoms with E-state index in [4.69, 9.17) is 5.73 Å². The first-order valence-electron chi connectivity index (χ1n) is 20.3. The molecule has 0 saturated heterocycles. The molecule has 0 saturated carbocycles. The molecule has 0 bridgehead atoms. The smallest absolute Gasteiger partial charge is 0.326 e. The molecule has 3 rings (SSSR count). The van der Waals surface area contributed by atoms with Gasteiger partial charge < -0.3 is 48.1 Å². The van der Waals surface area contributed by atoms with Crippen LogP contribution < -0.4 is 43.0 Å². The van der Waals surface area contributed by atoms with E-state index in [0.29, 0.717) is 16.7 Å². The van der Waals surface area contributed by atoms with Gasteiger partial charge in [0.1, 0.15) is 36.3 Å². The van der Waals surface area contributed by atoms with Crippen LogP contribution in [0.5, 0.6) is 0 Å². The molecule has 336 valence electrons. The Kier molecular flexibility index (Phi) is 19.7. The van der Waals surface area contributed by atoms with Crippen molar-refractivity contribution in [2.45, 2.75) is 83.7 Å². The molecule has 18 heteroatoms. The summed E-state index contributed by atoms with van der Waals surface area (Å²) in [7, 11) is 0. The number of carbonyl (C=O) groups is 9. The second-order valence-electron chi connectivity index (χ2n) is 15.4. The third-order valence-corrected chi connectivity index (χ3v) is 9.59. The first kappa shape index (κ1) is 50.0. The SMILES string of the molecule is CC(C)[C@H](NC(=O)[C@@H](NC(=O)[C@@H](NC(=O)[C@H](Cc1ccccc1)NC(=O)/C=C/C(=O)N[C@@H](C)C(=O)NCC(=O)N[C@@H](Cc1ccccc1)C(=O)O)c1ccccc1)C(C)C)C(N)=O. The van der Waals surface area contributed by atoms with Gasteiger partial charge >= 0.3 is 5.97 Å². The molecule has 0 aliphatic rings. The lowest BCUT2D eigenvalue weighted by atomic mass is 9.98. The topological polar surface area (TPSA) is 284 Å². The van der Waals surface area contributed by atoms with Gasteiger partial charge in [0.25, 0.3) is 0 Å². The van der Waals surface area contributed by atoms with Gasteiger partial charge in [0.15, 0.2) is 0 Å². The van der Waals surface area contributed by atoms with Crippen molar-refractivity contribution in [3.05, 3.63) is 120 Å². The van der Waals surface area contributed by atoms with E-state index in [1.165, 1.54) is 6.92 Å². The largest absolute Gasteiger partial charge is 0.480 e. The average Bonchev–Trinajstić information content (AvgIpc) is 3.24. The van der Waals surface area contributed by atoms with Gasteiger partial charge in [0.2, 0.25) is 47.3 Å². The number of hydrogen-bond acceptors (Lipinski definition) is 9. The molecule has 0 spiro atoms. The Morgan fingerprint density at radius 2 is 1.02 bits per heavy atom. The van der Waals surface area contributed by atoms with Crippen molar-refractivity contribution in [1.82, 2.24) is 37.2 Å². The van der Waals surface area contributed by atoms with Gasteiger partial charge in [-0.25, -0.2) is 4.79 Å². The summed E-state index contributed by atoms with van der Waals surface area (Å²) < 4.78 is 0. The van der Waals surface area contributed by atoms with E-state index in [-0.39, 0.29) is 18.8 Å². The first-order chi connectivity index (χ1) is 29.9. The Morgan fingerprint density at radius 1 is 0.540 bits per heavy atom. The van der Waals surface area contributed by atoms with Gasteiger partial charge in [-0.1, -0.05) is 119 Å². The zero-order valence-corrected chi connectivity index (χ0v) is 35.8. The predicted octanol–water partition coefficient (Wildman–Crippen LogP) is 0.328. The Morgan fingerprint density at radius 3 is 1.51 bits per heavy atom. The van der Waals surface area contributed by atoms with Crippen LogP contribution in [0, 0.1) is 11.8 Å². The minimum absolute atomic E-state index is 0.0201. The van der Waals surface area contributed by atoms with Crippen LogP contribution in [0.4, 0.5) is 0 Å². The van der Waals surface area contributed by atoms with Gasteiger partial charge in [-0.3, -0.25) is 38.4 Å². The van der Waals surface area contributed by atoms with Crippen molar-refractivity contribution in [2.75, 3.05) is 6.54 Å². The van der Waals surface area contributed by atoms with Crippen LogP contribution in [-0.2, 0) is 56.0 Å². The van der Waals surface area contributed by atoms with Crippen LogP contribution in [0.2, 0.25) is 0 Å². The molecule has 0 aromatic heterocycles.